The highest BCUT2D eigenvalue weighted by Crippen LogP contribution is 2.19. The molecule has 0 aliphatic carbocycles. The van der Waals surface area contributed by atoms with E-state index in [-0.39, 0.29) is 24.0 Å². The van der Waals surface area contributed by atoms with Gasteiger partial charge in [-0.3, -0.25) is 9.59 Å². The van der Waals surface area contributed by atoms with E-state index in [0.717, 1.165) is 6.54 Å². The van der Waals surface area contributed by atoms with Gasteiger partial charge in [0, 0.05) is 25.2 Å². The first kappa shape index (κ1) is 16.3. The fraction of sp³-hybridized carbons (Fsp3) is 0.529. The van der Waals surface area contributed by atoms with Crippen molar-refractivity contribution in [3.05, 3.63) is 29.8 Å². The van der Waals surface area contributed by atoms with Crippen LogP contribution in [0.25, 0.3) is 0 Å². The van der Waals surface area contributed by atoms with E-state index in [4.69, 9.17) is 0 Å². The summed E-state index contributed by atoms with van der Waals surface area (Å²) in [5.41, 5.74) is 0.594. The summed E-state index contributed by atoms with van der Waals surface area (Å²) in [6.45, 7) is 7.78. The van der Waals surface area contributed by atoms with Crippen LogP contribution in [0.3, 0.4) is 0 Å². The van der Waals surface area contributed by atoms with Gasteiger partial charge in [0.1, 0.15) is 11.8 Å². The molecule has 1 saturated heterocycles. The summed E-state index contributed by atoms with van der Waals surface area (Å²) in [5, 5.41) is 9.77. The molecule has 22 heavy (non-hydrogen) atoms. The largest absolute Gasteiger partial charge is 0.508 e. The molecule has 1 aliphatic rings. The third-order valence-electron chi connectivity index (χ3n) is 3.99. The zero-order chi connectivity index (χ0) is 16.3. The summed E-state index contributed by atoms with van der Waals surface area (Å²) in [6.07, 6.45) is 0.120. The molecule has 1 aromatic rings. The van der Waals surface area contributed by atoms with E-state index < -0.39 is 6.04 Å². The molecule has 0 unspecified atom stereocenters. The summed E-state index contributed by atoms with van der Waals surface area (Å²) in [6, 6.07) is 6.37. The predicted molar refractivity (Wildman–Crippen MR) is 84.4 cm³/mol. The summed E-state index contributed by atoms with van der Waals surface area (Å²) in [7, 11) is 0. The topological polar surface area (TPSA) is 60.9 Å². The number of para-hydroxylation sites is 1. The Morgan fingerprint density at radius 2 is 2.00 bits per heavy atom. The van der Waals surface area contributed by atoms with Crippen molar-refractivity contribution in [1.29, 1.82) is 0 Å². The van der Waals surface area contributed by atoms with Crippen LogP contribution in [0.5, 0.6) is 5.75 Å². The Hall–Kier alpha value is -2.04. The van der Waals surface area contributed by atoms with Crippen molar-refractivity contribution in [3.63, 3.8) is 0 Å². The van der Waals surface area contributed by atoms with Crippen molar-refractivity contribution in [3.8, 4) is 5.75 Å². The highest BCUT2D eigenvalue weighted by atomic mass is 16.3. The number of aromatic hydroxyl groups is 1. The van der Waals surface area contributed by atoms with Gasteiger partial charge in [-0.25, -0.2) is 0 Å². The monoisotopic (exact) mass is 304 g/mol. The van der Waals surface area contributed by atoms with Crippen molar-refractivity contribution in [2.75, 3.05) is 19.6 Å². The highest BCUT2D eigenvalue weighted by molar-refractivity contribution is 5.89. The average Bonchev–Trinajstić information content (AvgIpc) is 2.46. The molecule has 1 atom stereocenters. The van der Waals surface area contributed by atoms with Crippen LogP contribution in [0.2, 0.25) is 0 Å². The molecule has 2 amide bonds. The smallest absolute Gasteiger partial charge is 0.245 e. The first-order valence-electron chi connectivity index (χ1n) is 7.75. The fourth-order valence-electron chi connectivity index (χ4n) is 2.82. The van der Waals surface area contributed by atoms with Crippen LogP contribution in [-0.4, -0.2) is 52.4 Å². The van der Waals surface area contributed by atoms with E-state index in [9.17, 15) is 14.7 Å². The standard InChI is InChI=1S/C17H24N2O3/c1-12(2)11-18-8-9-19(13(3)17(18)22)16(21)10-14-6-4-5-7-15(14)20/h4-7,12-13,20H,8-11H2,1-3H3/t13-/m1/s1. The molecule has 1 aromatic carbocycles. The Morgan fingerprint density at radius 3 is 2.64 bits per heavy atom. The van der Waals surface area contributed by atoms with Gasteiger partial charge in [-0.05, 0) is 18.9 Å². The van der Waals surface area contributed by atoms with Gasteiger partial charge in [-0.15, -0.1) is 0 Å². The van der Waals surface area contributed by atoms with E-state index >= 15 is 0 Å². The van der Waals surface area contributed by atoms with Crippen LogP contribution in [0.4, 0.5) is 0 Å². The molecule has 2 rings (SSSR count). The molecular weight excluding hydrogens is 280 g/mol. The number of carbonyl (C=O) groups is 2. The number of hydrogen-bond donors (Lipinski definition) is 1. The quantitative estimate of drug-likeness (QED) is 0.920. The van der Waals surface area contributed by atoms with E-state index in [0.29, 0.717) is 24.6 Å². The minimum atomic E-state index is -0.439. The average molecular weight is 304 g/mol. The zero-order valence-corrected chi connectivity index (χ0v) is 13.5. The Labute approximate surface area is 131 Å². The minimum absolute atomic E-state index is 0.00517. The number of hydrogen-bond acceptors (Lipinski definition) is 3. The van der Waals surface area contributed by atoms with Crippen LogP contribution in [-0.2, 0) is 16.0 Å². The van der Waals surface area contributed by atoms with Gasteiger partial charge in [0.15, 0.2) is 0 Å². The lowest BCUT2D eigenvalue weighted by atomic mass is 10.1. The molecule has 1 N–H and O–H groups in total. The molecule has 0 bridgehead atoms. The Balaban J connectivity index is 2.03. The summed E-state index contributed by atoms with van der Waals surface area (Å²) in [4.78, 5) is 28.3. The maximum absolute atomic E-state index is 12.4. The van der Waals surface area contributed by atoms with Gasteiger partial charge in [0.2, 0.25) is 11.8 Å². The highest BCUT2D eigenvalue weighted by Gasteiger charge is 2.34. The number of phenolic OH excluding ortho intramolecular Hbond substituents is 1. The van der Waals surface area contributed by atoms with Crippen LogP contribution in [0.15, 0.2) is 24.3 Å². The van der Waals surface area contributed by atoms with Crippen molar-refractivity contribution in [1.82, 2.24) is 9.80 Å². The lowest BCUT2D eigenvalue weighted by Crippen LogP contribution is -2.58. The first-order valence-corrected chi connectivity index (χ1v) is 7.75. The maximum Gasteiger partial charge on any atom is 0.245 e. The lowest BCUT2D eigenvalue weighted by Gasteiger charge is -2.39. The van der Waals surface area contributed by atoms with Gasteiger partial charge < -0.3 is 14.9 Å². The van der Waals surface area contributed by atoms with Crippen molar-refractivity contribution in [2.24, 2.45) is 5.92 Å². The van der Waals surface area contributed by atoms with Crippen molar-refractivity contribution >= 4 is 11.8 Å². The summed E-state index contributed by atoms with van der Waals surface area (Å²) >= 11 is 0. The minimum Gasteiger partial charge on any atom is -0.508 e. The van der Waals surface area contributed by atoms with Gasteiger partial charge in [0.05, 0.1) is 6.42 Å². The van der Waals surface area contributed by atoms with Crippen LogP contribution in [0.1, 0.15) is 26.3 Å². The zero-order valence-electron chi connectivity index (χ0n) is 13.5. The number of phenols is 1. The van der Waals surface area contributed by atoms with E-state index in [1.165, 1.54) is 0 Å². The molecule has 1 aliphatic heterocycles. The summed E-state index contributed by atoms with van der Waals surface area (Å²) < 4.78 is 0. The van der Waals surface area contributed by atoms with E-state index in [1.807, 2.05) is 4.90 Å². The molecule has 0 aromatic heterocycles. The number of amides is 2. The molecule has 5 nitrogen and oxygen atoms in total. The first-order chi connectivity index (χ1) is 10.4. The third-order valence-corrected chi connectivity index (χ3v) is 3.99. The summed E-state index contributed by atoms with van der Waals surface area (Å²) in [5.74, 6) is 0.421. The molecule has 0 saturated carbocycles. The van der Waals surface area contributed by atoms with Crippen LogP contribution >= 0.6 is 0 Å². The number of piperazine rings is 1. The normalized spacial score (nSPS) is 18.9. The molecule has 1 heterocycles. The Bertz CT molecular complexity index is 557. The Kier molecular flexibility index (Phi) is 5.06. The lowest BCUT2D eigenvalue weighted by molar-refractivity contribution is -0.150. The van der Waals surface area contributed by atoms with Gasteiger partial charge in [-0.1, -0.05) is 32.0 Å². The number of nitrogens with zero attached hydrogens (tertiary/aromatic N) is 2. The second-order valence-electron chi connectivity index (χ2n) is 6.25. The van der Waals surface area contributed by atoms with E-state index in [2.05, 4.69) is 13.8 Å². The Morgan fingerprint density at radius 1 is 1.32 bits per heavy atom. The van der Waals surface area contributed by atoms with E-state index in [1.54, 1.807) is 36.1 Å². The molecule has 120 valence electrons. The molecule has 5 heteroatoms. The SMILES string of the molecule is CC(C)CN1CCN(C(=O)Cc2ccccc2O)[C@H](C)C1=O. The van der Waals surface area contributed by atoms with Gasteiger partial charge in [0.25, 0.3) is 0 Å². The number of carbonyl (C=O) groups excluding carboxylic acids is 2. The maximum atomic E-state index is 12.4. The van der Waals surface area contributed by atoms with Crippen LogP contribution in [0, 0.1) is 5.92 Å². The molecule has 1 fully saturated rings. The number of rotatable bonds is 4. The predicted octanol–water partition coefficient (Wildman–Crippen LogP) is 1.65. The van der Waals surface area contributed by atoms with Gasteiger partial charge >= 0.3 is 0 Å². The van der Waals surface area contributed by atoms with Crippen molar-refractivity contribution in [2.45, 2.75) is 33.2 Å². The van der Waals surface area contributed by atoms with Crippen molar-refractivity contribution < 1.29 is 14.7 Å². The fourth-order valence-corrected chi connectivity index (χ4v) is 2.82. The van der Waals surface area contributed by atoms with Gasteiger partial charge in [-0.2, -0.15) is 0 Å². The molecule has 0 radical (unpaired) electrons. The third kappa shape index (κ3) is 3.59. The second kappa shape index (κ2) is 6.81. The molecule has 0 spiro atoms. The molecular formula is C17H24N2O3. The number of benzene rings is 1. The second-order valence-corrected chi connectivity index (χ2v) is 6.25. The van der Waals surface area contributed by atoms with Crippen LogP contribution < -0.4 is 0 Å².